The van der Waals surface area contributed by atoms with Crippen LogP contribution in [0.15, 0.2) is 57.6 Å². The lowest BCUT2D eigenvalue weighted by atomic mass is 10.1. The maximum Gasteiger partial charge on any atom is 0.332 e. The Morgan fingerprint density at radius 2 is 1.87 bits per heavy atom. The molecular weight excluding hydrogens is 362 g/mol. The van der Waals surface area contributed by atoms with Crippen LogP contribution in [0.2, 0.25) is 0 Å². The molecule has 0 N–H and O–H groups in total. The van der Waals surface area contributed by atoms with Gasteiger partial charge in [0, 0.05) is 25.7 Å². The van der Waals surface area contributed by atoms with E-state index < -0.39 is 12.1 Å². The van der Waals surface area contributed by atoms with Crippen molar-refractivity contribution in [1.29, 1.82) is 0 Å². The fourth-order valence-corrected chi connectivity index (χ4v) is 2.17. The molecule has 5 nitrogen and oxygen atoms in total. The van der Waals surface area contributed by atoms with Crippen molar-refractivity contribution in [3.8, 4) is 0 Å². The standard InChI is InChI=1S/C17H16BrNO4/c1-19(2)17(21)16(12-6-4-3-5-7-12)23-15(20)11-9-13-8-10-14(18)22-13/h3-11,16H,1-2H3/b11-9+/t16-/m1/s1. The van der Waals surface area contributed by atoms with Crippen molar-refractivity contribution in [2.45, 2.75) is 6.10 Å². The third-order valence-corrected chi connectivity index (χ3v) is 3.41. The smallest absolute Gasteiger partial charge is 0.332 e. The van der Waals surface area contributed by atoms with Crippen LogP contribution in [0.1, 0.15) is 17.4 Å². The number of esters is 1. The lowest BCUT2D eigenvalue weighted by molar-refractivity contribution is -0.155. The van der Waals surface area contributed by atoms with E-state index in [1.165, 1.54) is 17.1 Å². The molecule has 0 saturated heterocycles. The van der Waals surface area contributed by atoms with E-state index in [2.05, 4.69) is 15.9 Å². The summed E-state index contributed by atoms with van der Waals surface area (Å²) in [7, 11) is 3.23. The Morgan fingerprint density at radius 1 is 1.17 bits per heavy atom. The largest absolute Gasteiger partial charge is 0.450 e. The molecule has 0 unspecified atom stereocenters. The number of rotatable bonds is 5. The van der Waals surface area contributed by atoms with E-state index in [0.29, 0.717) is 16.0 Å². The van der Waals surface area contributed by atoms with Crippen molar-refractivity contribution in [2.75, 3.05) is 14.1 Å². The summed E-state index contributed by atoms with van der Waals surface area (Å²) in [5.74, 6) is -0.427. The van der Waals surface area contributed by atoms with Gasteiger partial charge in [0.25, 0.3) is 5.91 Å². The molecule has 1 atom stereocenters. The lowest BCUT2D eigenvalue weighted by Crippen LogP contribution is -2.30. The number of hydrogen-bond acceptors (Lipinski definition) is 4. The molecule has 2 aromatic rings. The average molecular weight is 378 g/mol. The number of nitrogens with zero attached hydrogens (tertiary/aromatic N) is 1. The predicted octanol–water partition coefficient (Wildman–Crippen LogP) is 3.43. The Morgan fingerprint density at radius 3 is 2.43 bits per heavy atom. The van der Waals surface area contributed by atoms with Crippen molar-refractivity contribution in [2.24, 2.45) is 0 Å². The van der Waals surface area contributed by atoms with E-state index in [4.69, 9.17) is 9.15 Å². The second-order valence-corrected chi connectivity index (χ2v) is 5.72. The molecule has 120 valence electrons. The van der Waals surface area contributed by atoms with Crippen molar-refractivity contribution in [1.82, 2.24) is 4.90 Å². The second-order valence-electron chi connectivity index (χ2n) is 4.94. The van der Waals surface area contributed by atoms with Gasteiger partial charge in [0.05, 0.1) is 0 Å². The number of carbonyl (C=O) groups is 2. The van der Waals surface area contributed by atoms with Crippen LogP contribution in [0.5, 0.6) is 0 Å². The van der Waals surface area contributed by atoms with Crippen molar-refractivity contribution >= 4 is 33.9 Å². The first-order valence-electron chi connectivity index (χ1n) is 6.87. The number of hydrogen-bond donors (Lipinski definition) is 0. The first-order chi connectivity index (χ1) is 11.0. The molecule has 0 aliphatic carbocycles. The molecule has 0 bridgehead atoms. The van der Waals surface area contributed by atoms with Crippen molar-refractivity contribution in [3.05, 3.63) is 64.5 Å². The molecule has 1 aromatic heterocycles. The molecule has 0 aliphatic rings. The van der Waals surface area contributed by atoms with Gasteiger partial charge in [0.2, 0.25) is 6.10 Å². The van der Waals surface area contributed by atoms with E-state index in [1.807, 2.05) is 6.07 Å². The average Bonchev–Trinajstić information content (AvgIpc) is 2.96. The van der Waals surface area contributed by atoms with Crippen molar-refractivity contribution < 1.29 is 18.7 Å². The monoisotopic (exact) mass is 377 g/mol. The summed E-state index contributed by atoms with van der Waals surface area (Å²) in [4.78, 5) is 25.6. The van der Waals surface area contributed by atoms with Gasteiger partial charge in [-0.25, -0.2) is 4.79 Å². The summed E-state index contributed by atoms with van der Waals surface area (Å²) in [6.45, 7) is 0. The molecule has 0 saturated carbocycles. The highest BCUT2D eigenvalue weighted by atomic mass is 79.9. The van der Waals surface area contributed by atoms with Crippen LogP contribution >= 0.6 is 15.9 Å². The van der Waals surface area contributed by atoms with Gasteiger partial charge in [-0.1, -0.05) is 30.3 Å². The number of carbonyl (C=O) groups excluding carboxylic acids is 2. The van der Waals surface area contributed by atoms with Gasteiger partial charge in [-0.2, -0.15) is 0 Å². The predicted molar refractivity (Wildman–Crippen MR) is 89.4 cm³/mol. The van der Waals surface area contributed by atoms with E-state index >= 15 is 0 Å². The van der Waals surface area contributed by atoms with Gasteiger partial charge >= 0.3 is 5.97 Å². The highest BCUT2D eigenvalue weighted by molar-refractivity contribution is 9.10. The second kappa shape index (κ2) is 7.78. The number of likely N-dealkylation sites (N-methyl/N-ethyl adjacent to an activating group) is 1. The maximum atomic E-state index is 12.3. The SMILES string of the molecule is CN(C)C(=O)[C@H](OC(=O)/C=C/c1ccc(Br)o1)c1ccccc1. The molecule has 0 radical (unpaired) electrons. The molecule has 6 heteroatoms. The van der Waals surface area contributed by atoms with E-state index in [0.717, 1.165) is 0 Å². The summed E-state index contributed by atoms with van der Waals surface area (Å²) in [6.07, 6.45) is 1.73. The molecule has 0 spiro atoms. The third-order valence-electron chi connectivity index (χ3n) is 2.98. The van der Waals surface area contributed by atoms with Gasteiger partial charge < -0.3 is 14.1 Å². The minimum Gasteiger partial charge on any atom is -0.450 e. The zero-order chi connectivity index (χ0) is 16.8. The Balaban J connectivity index is 2.12. The molecule has 1 heterocycles. The van der Waals surface area contributed by atoms with Crippen molar-refractivity contribution in [3.63, 3.8) is 0 Å². The van der Waals surface area contributed by atoms with Crippen LogP contribution in [0.4, 0.5) is 0 Å². The van der Waals surface area contributed by atoms with Gasteiger partial charge in [0.15, 0.2) is 4.67 Å². The summed E-state index contributed by atoms with van der Waals surface area (Å²) in [5.41, 5.74) is 0.619. The normalized spacial score (nSPS) is 12.1. The summed E-state index contributed by atoms with van der Waals surface area (Å²) >= 11 is 3.18. The van der Waals surface area contributed by atoms with Crippen LogP contribution in [0.3, 0.4) is 0 Å². The topological polar surface area (TPSA) is 59.8 Å². The van der Waals surface area contributed by atoms with Gasteiger partial charge in [-0.3, -0.25) is 4.79 Å². The highest BCUT2D eigenvalue weighted by Crippen LogP contribution is 2.20. The fourth-order valence-electron chi connectivity index (χ4n) is 1.85. The van der Waals surface area contributed by atoms with Crippen LogP contribution in [-0.4, -0.2) is 30.9 Å². The molecule has 2 rings (SSSR count). The van der Waals surface area contributed by atoms with Crippen LogP contribution in [-0.2, 0) is 14.3 Å². The molecule has 1 aromatic carbocycles. The molecular formula is C17H16BrNO4. The van der Waals surface area contributed by atoms with E-state index in [-0.39, 0.29) is 5.91 Å². The fraction of sp³-hybridized carbons (Fsp3) is 0.176. The van der Waals surface area contributed by atoms with Crippen LogP contribution in [0, 0.1) is 0 Å². The van der Waals surface area contributed by atoms with Crippen LogP contribution < -0.4 is 0 Å². The minimum atomic E-state index is -0.980. The highest BCUT2D eigenvalue weighted by Gasteiger charge is 2.25. The quantitative estimate of drug-likeness (QED) is 0.591. The summed E-state index contributed by atoms with van der Waals surface area (Å²) in [5, 5.41) is 0. The zero-order valence-electron chi connectivity index (χ0n) is 12.7. The van der Waals surface area contributed by atoms with Gasteiger partial charge in [-0.05, 0) is 34.1 Å². The third kappa shape index (κ3) is 4.82. The molecule has 1 amide bonds. The number of furan rings is 1. The first-order valence-corrected chi connectivity index (χ1v) is 7.67. The van der Waals surface area contributed by atoms with E-state index in [9.17, 15) is 9.59 Å². The number of halogens is 1. The zero-order valence-corrected chi connectivity index (χ0v) is 14.3. The first kappa shape index (κ1) is 17.0. The number of benzene rings is 1. The molecule has 0 fully saturated rings. The minimum absolute atomic E-state index is 0.307. The summed E-state index contributed by atoms with van der Waals surface area (Å²) < 4.78 is 11.1. The molecule has 0 aliphatic heterocycles. The van der Waals surface area contributed by atoms with Crippen LogP contribution in [0.25, 0.3) is 6.08 Å². The number of amides is 1. The lowest BCUT2D eigenvalue weighted by Gasteiger charge is -2.20. The summed E-state index contributed by atoms with van der Waals surface area (Å²) in [6, 6.07) is 12.3. The van der Waals surface area contributed by atoms with E-state index in [1.54, 1.807) is 50.5 Å². The Bertz CT molecular complexity index is 706. The Hall–Kier alpha value is -2.34. The Kier molecular flexibility index (Phi) is 5.76. The number of ether oxygens (including phenoxy) is 1. The van der Waals surface area contributed by atoms with Gasteiger partial charge in [0.1, 0.15) is 5.76 Å². The molecule has 23 heavy (non-hydrogen) atoms. The Labute approximate surface area is 142 Å². The maximum absolute atomic E-state index is 12.3. The van der Waals surface area contributed by atoms with Gasteiger partial charge in [-0.15, -0.1) is 0 Å².